The van der Waals surface area contributed by atoms with E-state index in [-0.39, 0.29) is 5.56 Å². The number of oxime groups is 1. The minimum atomic E-state index is -0.931. The second-order valence-corrected chi connectivity index (χ2v) is 5.01. The van der Waals surface area contributed by atoms with Crippen molar-refractivity contribution in [2.24, 2.45) is 5.16 Å². The molecule has 1 aromatic rings. The Morgan fingerprint density at radius 1 is 1.25 bits per heavy atom. The van der Waals surface area contributed by atoms with Gasteiger partial charge in [-0.1, -0.05) is 36.2 Å². The molecule has 1 aliphatic rings. The minimum Gasteiger partial charge on any atom is -0.478 e. The van der Waals surface area contributed by atoms with Crippen LogP contribution in [-0.2, 0) is 0 Å². The van der Waals surface area contributed by atoms with E-state index >= 15 is 0 Å². The molecule has 1 aliphatic carbocycles. The van der Waals surface area contributed by atoms with E-state index in [4.69, 9.17) is 10.3 Å². The summed E-state index contributed by atoms with van der Waals surface area (Å²) in [5.41, 5.74) is 4.22. The lowest BCUT2D eigenvalue weighted by Crippen LogP contribution is -2.00. The van der Waals surface area contributed by atoms with Crippen molar-refractivity contribution in [1.82, 2.24) is 0 Å². The van der Waals surface area contributed by atoms with Gasteiger partial charge in [-0.3, -0.25) is 0 Å². The highest BCUT2D eigenvalue weighted by molar-refractivity contribution is 6.26. The van der Waals surface area contributed by atoms with Gasteiger partial charge in [0.25, 0.3) is 0 Å². The largest absolute Gasteiger partial charge is 0.478 e. The zero-order valence-corrected chi connectivity index (χ0v) is 11.6. The van der Waals surface area contributed by atoms with Crippen LogP contribution >= 0.6 is 0 Å². The minimum absolute atomic E-state index is 0.268. The number of rotatable bonds is 5. The van der Waals surface area contributed by atoms with Crippen molar-refractivity contribution in [3.63, 3.8) is 0 Å². The predicted molar refractivity (Wildman–Crippen MR) is 78.3 cm³/mol. The Bertz CT molecular complexity index is 556. The fourth-order valence-electron chi connectivity index (χ4n) is 2.61. The van der Waals surface area contributed by atoms with Crippen molar-refractivity contribution in [2.75, 3.05) is 0 Å². The number of carboxylic acids is 1. The van der Waals surface area contributed by atoms with E-state index in [1.165, 1.54) is 5.57 Å². The van der Waals surface area contributed by atoms with E-state index in [0.29, 0.717) is 5.71 Å². The van der Waals surface area contributed by atoms with Crippen molar-refractivity contribution < 1.29 is 15.1 Å². The number of nitrogens with zero attached hydrogens (tertiary/aromatic N) is 1. The Morgan fingerprint density at radius 3 is 2.50 bits per heavy atom. The first-order valence-corrected chi connectivity index (χ1v) is 6.94. The highest BCUT2D eigenvalue weighted by atomic mass is 16.4. The molecule has 0 spiro atoms. The molecular formula is C16H19NO3. The van der Waals surface area contributed by atoms with Gasteiger partial charge < -0.3 is 10.3 Å². The first-order valence-electron chi connectivity index (χ1n) is 6.94. The maximum Gasteiger partial charge on any atom is 0.335 e. The van der Waals surface area contributed by atoms with Gasteiger partial charge >= 0.3 is 5.97 Å². The lowest BCUT2D eigenvalue weighted by Gasteiger charge is -2.08. The summed E-state index contributed by atoms with van der Waals surface area (Å²) in [5, 5.41) is 21.5. The standard InChI is InChI=1S/C16H19NO3/c1-2-3-4-11-9-10-14(17-20)15(11)12-5-7-13(8-6-12)16(18)19/h5-8,20H,2-4,9-10H2,1H3,(H,18,19)/b17-14+. The SMILES string of the molecule is CCCCC1=C(c2ccc(C(=O)O)cc2)/C(=N/O)CC1. The van der Waals surface area contributed by atoms with E-state index in [0.717, 1.165) is 43.2 Å². The molecule has 0 saturated heterocycles. The van der Waals surface area contributed by atoms with Crippen molar-refractivity contribution in [3.8, 4) is 0 Å². The molecular weight excluding hydrogens is 254 g/mol. The number of hydrogen-bond acceptors (Lipinski definition) is 3. The number of benzene rings is 1. The van der Waals surface area contributed by atoms with Gasteiger partial charge in [0.05, 0.1) is 11.3 Å². The Morgan fingerprint density at radius 2 is 1.95 bits per heavy atom. The number of carbonyl (C=O) groups is 1. The number of unbranched alkanes of at least 4 members (excludes halogenated alkanes) is 1. The molecule has 0 aromatic heterocycles. The number of hydrogen-bond donors (Lipinski definition) is 2. The monoisotopic (exact) mass is 273 g/mol. The van der Waals surface area contributed by atoms with Gasteiger partial charge in [-0.05, 0) is 43.4 Å². The molecule has 0 unspecified atom stereocenters. The molecule has 2 N–H and O–H groups in total. The molecule has 4 heteroatoms. The van der Waals surface area contributed by atoms with Gasteiger partial charge in [-0.25, -0.2) is 4.79 Å². The van der Waals surface area contributed by atoms with Crippen molar-refractivity contribution in [3.05, 3.63) is 41.0 Å². The fourth-order valence-corrected chi connectivity index (χ4v) is 2.61. The summed E-state index contributed by atoms with van der Waals surface area (Å²) in [6.07, 6.45) is 4.93. The summed E-state index contributed by atoms with van der Waals surface area (Å²) in [4.78, 5) is 10.9. The Kier molecular flexibility index (Phi) is 4.56. The highest BCUT2D eigenvalue weighted by Gasteiger charge is 2.22. The molecule has 0 bridgehead atoms. The lowest BCUT2D eigenvalue weighted by atomic mass is 9.97. The van der Waals surface area contributed by atoms with Gasteiger partial charge in [0.15, 0.2) is 0 Å². The molecule has 0 heterocycles. The maximum absolute atomic E-state index is 10.9. The van der Waals surface area contributed by atoms with Crippen LogP contribution in [0.1, 0.15) is 54.9 Å². The number of aromatic carboxylic acids is 1. The second-order valence-electron chi connectivity index (χ2n) is 5.01. The average Bonchev–Trinajstić information content (AvgIpc) is 2.88. The molecule has 4 nitrogen and oxygen atoms in total. The van der Waals surface area contributed by atoms with Crippen LogP contribution in [0.4, 0.5) is 0 Å². The molecule has 0 saturated carbocycles. The van der Waals surface area contributed by atoms with Crippen molar-refractivity contribution >= 4 is 17.3 Å². The molecule has 2 rings (SSSR count). The summed E-state index contributed by atoms with van der Waals surface area (Å²) >= 11 is 0. The normalized spacial score (nSPS) is 16.9. The zero-order valence-electron chi connectivity index (χ0n) is 11.6. The number of carboxylic acid groups (broad SMARTS) is 1. The summed E-state index contributed by atoms with van der Waals surface area (Å²) in [5.74, 6) is -0.931. The highest BCUT2D eigenvalue weighted by Crippen LogP contribution is 2.34. The Balaban J connectivity index is 2.36. The third kappa shape index (κ3) is 2.90. The van der Waals surface area contributed by atoms with Crippen LogP contribution in [0, 0.1) is 0 Å². The number of allylic oxidation sites excluding steroid dienone is 2. The lowest BCUT2D eigenvalue weighted by molar-refractivity contribution is 0.0697. The Hall–Kier alpha value is -2.10. The molecule has 0 atom stereocenters. The van der Waals surface area contributed by atoms with Crippen LogP contribution < -0.4 is 0 Å². The van der Waals surface area contributed by atoms with E-state index in [9.17, 15) is 4.79 Å². The van der Waals surface area contributed by atoms with E-state index in [1.54, 1.807) is 24.3 Å². The van der Waals surface area contributed by atoms with E-state index < -0.39 is 5.97 Å². The van der Waals surface area contributed by atoms with Crippen LogP contribution in [0.3, 0.4) is 0 Å². The maximum atomic E-state index is 10.9. The smallest absolute Gasteiger partial charge is 0.335 e. The average molecular weight is 273 g/mol. The third-order valence-corrected chi connectivity index (χ3v) is 3.68. The van der Waals surface area contributed by atoms with Crippen LogP contribution in [0.25, 0.3) is 5.57 Å². The van der Waals surface area contributed by atoms with Crippen molar-refractivity contribution in [1.29, 1.82) is 0 Å². The molecule has 0 radical (unpaired) electrons. The van der Waals surface area contributed by atoms with Crippen LogP contribution in [0.5, 0.6) is 0 Å². The Labute approximate surface area is 118 Å². The quantitative estimate of drug-likeness (QED) is 0.630. The van der Waals surface area contributed by atoms with Gasteiger partial charge in [0.1, 0.15) is 0 Å². The van der Waals surface area contributed by atoms with Gasteiger partial charge in [0, 0.05) is 5.57 Å². The molecule has 0 amide bonds. The van der Waals surface area contributed by atoms with E-state index in [1.807, 2.05) is 0 Å². The van der Waals surface area contributed by atoms with Gasteiger partial charge in [-0.2, -0.15) is 0 Å². The van der Waals surface area contributed by atoms with Crippen LogP contribution in [0.15, 0.2) is 35.0 Å². The second kappa shape index (κ2) is 6.37. The molecule has 1 aromatic carbocycles. The first-order chi connectivity index (χ1) is 9.67. The molecule has 106 valence electrons. The first kappa shape index (κ1) is 14.3. The van der Waals surface area contributed by atoms with Crippen molar-refractivity contribution in [2.45, 2.75) is 39.0 Å². The molecule has 20 heavy (non-hydrogen) atoms. The third-order valence-electron chi connectivity index (χ3n) is 3.68. The summed E-state index contributed by atoms with van der Waals surface area (Å²) in [6, 6.07) is 6.77. The zero-order chi connectivity index (χ0) is 14.5. The van der Waals surface area contributed by atoms with Gasteiger partial charge in [0.2, 0.25) is 0 Å². The summed E-state index contributed by atoms with van der Waals surface area (Å²) in [7, 11) is 0. The molecule has 0 aliphatic heterocycles. The van der Waals surface area contributed by atoms with E-state index in [2.05, 4.69) is 12.1 Å². The van der Waals surface area contributed by atoms with Gasteiger partial charge in [-0.15, -0.1) is 0 Å². The van der Waals surface area contributed by atoms with Crippen LogP contribution in [0.2, 0.25) is 0 Å². The topological polar surface area (TPSA) is 69.9 Å². The predicted octanol–water partition coefficient (Wildman–Crippen LogP) is 3.95. The van der Waals surface area contributed by atoms with Crippen LogP contribution in [-0.4, -0.2) is 22.0 Å². The summed E-state index contributed by atoms with van der Waals surface area (Å²) < 4.78 is 0. The fraction of sp³-hybridized carbons (Fsp3) is 0.375. The summed E-state index contributed by atoms with van der Waals surface area (Å²) in [6.45, 7) is 2.15. The molecule has 0 fully saturated rings.